The summed E-state index contributed by atoms with van der Waals surface area (Å²) in [6.45, 7) is 0.715. The average Bonchev–Trinajstić information content (AvgIpc) is 2.87. The molecule has 3 aromatic rings. The van der Waals surface area contributed by atoms with E-state index in [1.54, 1.807) is 48.5 Å². The van der Waals surface area contributed by atoms with Crippen LogP contribution < -0.4 is 20.4 Å². The monoisotopic (exact) mass is 584 g/mol. The van der Waals surface area contributed by atoms with Gasteiger partial charge in [-0.15, -0.1) is 0 Å². The van der Waals surface area contributed by atoms with Crippen LogP contribution in [0.5, 0.6) is 0 Å². The van der Waals surface area contributed by atoms with E-state index in [9.17, 15) is 26.7 Å². The van der Waals surface area contributed by atoms with Gasteiger partial charge in [0.1, 0.15) is 5.69 Å². The summed E-state index contributed by atoms with van der Waals surface area (Å²) in [6, 6.07) is 14.0. The minimum Gasteiger partial charge on any atom is -0.368 e. The second kappa shape index (κ2) is 10.8. The maximum atomic E-state index is 14.1. The van der Waals surface area contributed by atoms with Crippen molar-refractivity contribution >= 4 is 56.2 Å². The molecule has 1 aliphatic rings. The molecule has 0 spiro atoms. The van der Waals surface area contributed by atoms with Gasteiger partial charge in [0.15, 0.2) is 28.4 Å². The van der Waals surface area contributed by atoms with E-state index in [4.69, 9.17) is 12.2 Å². The topological polar surface area (TPSA) is 47.6 Å². The smallest absolute Gasteiger partial charge is 0.258 e. The average molecular weight is 585 g/mol. The summed E-state index contributed by atoms with van der Waals surface area (Å²) < 4.78 is 69.3. The number of nitrogens with zero attached hydrogens (tertiary/aromatic N) is 2. The zero-order valence-electron chi connectivity index (χ0n) is 18.4. The largest absolute Gasteiger partial charge is 0.368 e. The Bertz CT molecular complexity index is 1290. The molecular formula is C24H18BrF5N4OS. The lowest BCUT2D eigenvalue weighted by Crippen LogP contribution is -2.47. The fourth-order valence-corrected chi connectivity index (χ4v) is 4.47. The van der Waals surface area contributed by atoms with Crippen LogP contribution in [0.15, 0.2) is 53.0 Å². The van der Waals surface area contributed by atoms with Gasteiger partial charge in [-0.1, -0.05) is 12.1 Å². The van der Waals surface area contributed by atoms with Crippen LogP contribution in [0.1, 0.15) is 10.4 Å². The second-order valence-corrected chi connectivity index (χ2v) is 9.09. The summed E-state index contributed by atoms with van der Waals surface area (Å²) >= 11 is 8.52. The zero-order chi connectivity index (χ0) is 26.0. The molecule has 1 saturated heterocycles. The van der Waals surface area contributed by atoms with Gasteiger partial charge in [-0.25, -0.2) is 22.0 Å². The molecule has 188 valence electrons. The Kier molecular flexibility index (Phi) is 7.74. The first-order valence-corrected chi connectivity index (χ1v) is 11.9. The molecule has 36 heavy (non-hydrogen) atoms. The van der Waals surface area contributed by atoms with E-state index < -0.39 is 34.8 Å². The van der Waals surface area contributed by atoms with Gasteiger partial charge in [0, 0.05) is 42.0 Å². The maximum absolute atomic E-state index is 14.1. The third-order valence-corrected chi connectivity index (χ3v) is 6.51. The Morgan fingerprint density at radius 1 is 0.778 bits per heavy atom. The summed E-state index contributed by atoms with van der Waals surface area (Å²) in [5.41, 5.74) is 0.933. The molecule has 12 heteroatoms. The van der Waals surface area contributed by atoms with Gasteiger partial charge < -0.3 is 15.1 Å². The molecule has 0 bridgehead atoms. The van der Waals surface area contributed by atoms with Gasteiger partial charge in [-0.05, 0) is 64.5 Å². The summed E-state index contributed by atoms with van der Waals surface area (Å²) in [4.78, 5) is 15.4. The predicted octanol–water partition coefficient (Wildman–Crippen LogP) is 5.60. The number of benzene rings is 3. The molecular weight excluding hydrogens is 567 g/mol. The van der Waals surface area contributed by atoms with E-state index in [0.717, 1.165) is 10.6 Å². The number of nitrogens with one attached hydrogen (secondary N) is 2. The van der Waals surface area contributed by atoms with Crippen LogP contribution >= 0.6 is 28.1 Å². The fourth-order valence-electron chi connectivity index (χ4n) is 3.79. The van der Waals surface area contributed by atoms with Gasteiger partial charge >= 0.3 is 0 Å². The number of hydrogen-bond acceptors (Lipinski definition) is 4. The fraction of sp³-hybridized carbons (Fsp3) is 0.167. The molecule has 3 aromatic carbocycles. The lowest BCUT2D eigenvalue weighted by atomic mass is 10.2. The molecule has 0 radical (unpaired) electrons. The van der Waals surface area contributed by atoms with Crippen LogP contribution in [0.4, 0.5) is 39.0 Å². The minimum absolute atomic E-state index is 0.0590. The highest BCUT2D eigenvalue weighted by Gasteiger charge is 2.30. The summed E-state index contributed by atoms with van der Waals surface area (Å²) in [5.74, 6) is -10.1. The van der Waals surface area contributed by atoms with Gasteiger partial charge in [0.05, 0.1) is 5.56 Å². The number of piperazine rings is 1. The van der Waals surface area contributed by atoms with E-state index in [1.807, 2.05) is 4.90 Å². The standard InChI is InChI=1S/C24H18BrF5N4OS/c25-16-4-2-1-3-15(16)23(35)32-24(36)31-13-5-7-14(8-6-13)33-9-11-34(12-10-33)22-20(29)18(27)17(26)19(28)21(22)30/h1-8H,9-12H2,(H2,31,32,35,36). The molecule has 1 heterocycles. The maximum Gasteiger partial charge on any atom is 0.258 e. The number of carbonyl (C=O) groups excluding carboxylic acids is 1. The number of amides is 1. The second-order valence-electron chi connectivity index (χ2n) is 7.83. The number of hydrogen-bond donors (Lipinski definition) is 2. The third kappa shape index (κ3) is 5.29. The van der Waals surface area contributed by atoms with E-state index >= 15 is 0 Å². The molecule has 0 atom stereocenters. The molecule has 1 aliphatic heterocycles. The zero-order valence-corrected chi connectivity index (χ0v) is 20.8. The van der Waals surface area contributed by atoms with Crippen LogP contribution in [-0.2, 0) is 0 Å². The van der Waals surface area contributed by atoms with Crippen LogP contribution in [0, 0.1) is 29.1 Å². The lowest BCUT2D eigenvalue weighted by Gasteiger charge is -2.37. The van der Waals surface area contributed by atoms with Gasteiger partial charge in [0.25, 0.3) is 5.91 Å². The highest BCUT2D eigenvalue weighted by atomic mass is 79.9. The number of thiocarbonyl (C=S) groups is 1. The van der Waals surface area contributed by atoms with Crippen LogP contribution in [0.25, 0.3) is 0 Å². The van der Waals surface area contributed by atoms with Crippen molar-refractivity contribution in [2.24, 2.45) is 0 Å². The molecule has 1 amide bonds. The van der Waals surface area contributed by atoms with Crippen molar-refractivity contribution in [3.05, 3.63) is 87.7 Å². The Morgan fingerprint density at radius 3 is 1.89 bits per heavy atom. The lowest BCUT2D eigenvalue weighted by molar-refractivity contribution is 0.0977. The molecule has 0 aliphatic carbocycles. The molecule has 1 fully saturated rings. The number of halogens is 6. The first kappa shape index (κ1) is 25.8. The van der Waals surface area contributed by atoms with Gasteiger partial charge in [0.2, 0.25) is 5.82 Å². The van der Waals surface area contributed by atoms with E-state index in [0.29, 0.717) is 28.8 Å². The summed E-state index contributed by atoms with van der Waals surface area (Å²) in [6.07, 6.45) is 0. The number of carbonyl (C=O) groups is 1. The molecule has 0 aromatic heterocycles. The molecule has 2 N–H and O–H groups in total. The summed E-state index contributed by atoms with van der Waals surface area (Å²) in [5, 5.41) is 5.63. The highest BCUT2D eigenvalue weighted by Crippen LogP contribution is 2.31. The third-order valence-electron chi connectivity index (χ3n) is 5.62. The van der Waals surface area contributed by atoms with E-state index in [2.05, 4.69) is 26.6 Å². The van der Waals surface area contributed by atoms with E-state index in [-0.39, 0.29) is 24.1 Å². The summed E-state index contributed by atoms with van der Waals surface area (Å²) in [7, 11) is 0. The van der Waals surface area contributed by atoms with Crippen molar-refractivity contribution < 1.29 is 26.7 Å². The van der Waals surface area contributed by atoms with Crippen molar-refractivity contribution in [1.82, 2.24) is 5.32 Å². The Balaban J connectivity index is 1.35. The van der Waals surface area contributed by atoms with Gasteiger partial charge in [-0.2, -0.15) is 0 Å². The molecule has 5 nitrogen and oxygen atoms in total. The number of rotatable bonds is 4. The van der Waals surface area contributed by atoms with Crippen molar-refractivity contribution in [3.8, 4) is 0 Å². The molecule has 4 rings (SSSR count). The Morgan fingerprint density at radius 2 is 1.31 bits per heavy atom. The van der Waals surface area contributed by atoms with Gasteiger partial charge in [-0.3, -0.25) is 10.1 Å². The predicted molar refractivity (Wildman–Crippen MR) is 135 cm³/mol. The molecule has 0 saturated carbocycles. The SMILES string of the molecule is O=C(NC(=S)Nc1ccc(N2CCN(c3c(F)c(F)c(F)c(F)c3F)CC2)cc1)c1ccccc1Br. The normalized spacial score (nSPS) is 13.5. The first-order chi connectivity index (χ1) is 17.2. The Labute approximate surface area is 217 Å². The van der Waals surface area contributed by atoms with Crippen molar-refractivity contribution in [3.63, 3.8) is 0 Å². The van der Waals surface area contributed by atoms with Crippen molar-refractivity contribution in [2.75, 3.05) is 41.3 Å². The Hall–Kier alpha value is -3.25. The van der Waals surface area contributed by atoms with Crippen LogP contribution in [0.2, 0.25) is 0 Å². The molecule has 0 unspecified atom stereocenters. The van der Waals surface area contributed by atoms with Crippen molar-refractivity contribution in [1.29, 1.82) is 0 Å². The minimum atomic E-state index is -2.17. The number of anilines is 3. The first-order valence-electron chi connectivity index (χ1n) is 10.7. The van der Waals surface area contributed by atoms with E-state index in [1.165, 1.54) is 0 Å². The van der Waals surface area contributed by atoms with Crippen molar-refractivity contribution in [2.45, 2.75) is 0 Å². The quantitative estimate of drug-likeness (QED) is 0.181. The highest BCUT2D eigenvalue weighted by molar-refractivity contribution is 9.10. The van der Waals surface area contributed by atoms with Crippen LogP contribution in [0.3, 0.4) is 0 Å². The van der Waals surface area contributed by atoms with Crippen LogP contribution in [-0.4, -0.2) is 37.2 Å².